The minimum absolute atomic E-state index is 0.0270. The highest BCUT2D eigenvalue weighted by Crippen LogP contribution is 2.23. The molecule has 1 aromatic heterocycles. The third-order valence-electron chi connectivity index (χ3n) is 4.24. The number of rotatable bonds is 6. The van der Waals surface area contributed by atoms with E-state index in [0.717, 1.165) is 5.56 Å². The van der Waals surface area contributed by atoms with Gasteiger partial charge in [0, 0.05) is 37.9 Å². The summed E-state index contributed by atoms with van der Waals surface area (Å²) in [6.07, 6.45) is 4.17. The highest BCUT2D eigenvalue weighted by molar-refractivity contribution is 7.89. The molecule has 1 aliphatic heterocycles. The van der Waals surface area contributed by atoms with Crippen LogP contribution in [-0.2, 0) is 21.4 Å². The van der Waals surface area contributed by atoms with Gasteiger partial charge in [-0.3, -0.25) is 9.78 Å². The molecule has 0 spiro atoms. The van der Waals surface area contributed by atoms with Crippen LogP contribution >= 0.6 is 0 Å². The molecule has 1 N–H and O–H groups in total. The van der Waals surface area contributed by atoms with Crippen LogP contribution in [0.1, 0.15) is 24.0 Å². The van der Waals surface area contributed by atoms with Gasteiger partial charge in [-0.2, -0.15) is 9.57 Å². The first-order valence-electron chi connectivity index (χ1n) is 8.18. The molecule has 2 aromatic rings. The first kappa shape index (κ1) is 18.0. The minimum Gasteiger partial charge on any atom is -0.352 e. The molecule has 1 fully saturated rings. The molecule has 26 heavy (non-hydrogen) atoms. The molecule has 0 radical (unpaired) electrons. The summed E-state index contributed by atoms with van der Waals surface area (Å²) in [5.41, 5.74) is 0.880. The van der Waals surface area contributed by atoms with Crippen molar-refractivity contribution in [2.75, 3.05) is 6.54 Å². The molecule has 0 unspecified atom stereocenters. The maximum atomic E-state index is 13.2. The number of nitrogens with zero attached hydrogens (tertiary/aromatic N) is 3. The van der Waals surface area contributed by atoms with Crippen molar-refractivity contribution in [2.45, 2.75) is 30.3 Å². The Kier molecular flexibility index (Phi) is 5.30. The lowest BCUT2D eigenvalue weighted by atomic mass is 10.2. The summed E-state index contributed by atoms with van der Waals surface area (Å²) in [4.78, 5) is 15.4. The lowest BCUT2D eigenvalue weighted by Gasteiger charge is -2.25. The average Bonchev–Trinajstić information content (AvgIpc) is 3.07. The fraction of sp³-hybridized carbons (Fsp3) is 0.278. The normalized spacial score (nSPS) is 17.1. The fourth-order valence-electron chi connectivity index (χ4n) is 2.92. The van der Waals surface area contributed by atoms with Crippen molar-refractivity contribution in [2.24, 2.45) is 0 Å². The van der Waals surface area contributed by atoms with E-state index in [9.17, 15) is 18.5 Å². The Bertz CT molecular complexity index is 938. The van der Waals surface area contributed by atoms with Crippen molar-refractivity contribution < 1.29 is 13.2 Å². The van der Waals surface area contributed by atoms with Crippen molar-refractivity contribution in [3.63, 3.8) is 0 Å². The number of sulfonamides is 1. The molecule has 7 nitrogen and oxygen atoms in total. The van der Waals surface area contributed by atoms with Crippen LogP contribution in [0.4, 0.5) is 0 Å². The predicted octanol–water partition coefficient (Wildman–Crippen LogP) is 1.42. The van der Waals surface area contributed by atoms with Gasteiger partial charge in [-0.25, -0.2) is 8.42 Å². The largest absolute Gasteiger partial charge is 0.352 e. The van der Waals surface area contributed by atoms with E-state index >= 15 is 0 Å². The van der Waals surface area contributed by atoms with Gasteiger partial charge in [0.25, 0.3) is 0 Å². The third kappa shape index (κ3) is 3.90. The van der Waals surface area contributed by atoms with Gasteiger partial charge >= 0.3 is 0 Å². The van der Waals surface area contributed by atoms with Gasteiger partial charge in [-0.15, -0.1) is 0 Å². The first-order valence-corrected chi connectivity index (χ1v) is 9.62. The van der Waals surface area contributed by atoms with Gasteiger partial charge in [0.1, 0.15) is 6.07 Å². The predicted molar refractivity (Wildman–Crippen MR) is 94.2 cm³/mol. The Labute approximate surface area is 152 Å². The lowest BCUT2D eigenvalue weighted by molar-refractivity contribution is -0.119. The molecular weight excluding hydrogens is 352 g/mol. The second-order valence-corrected chi connectivity index (χ2v) is 7.97. The van der Waals surface area contributed by atoms with E-state index in [2.05, 4.69) is 10.3 Å². The van der Waals surface area contributed by atoms with Gasteiger partial charge in [-0.05, 0) is 36.2 Å². The average molecular weight is 370 g/mol. The summed E-state index contributed by atoms with van der Waals surface area (Å²) < 4.78 is 27.8. The van der Waals surface area contributed by atoms with Crippen molar-refractivity contribution >= 4 is 15.9 Å². The molecule has 1 aliphatic rings. The number of carbonyl (C=O) groups excluding carboxylic acids is 1. The zero-order valence-electron chi connectivity index (χ0n) is 14.0. The van der Waals surface area contributed by atoms with Crippen LogP contribution in [-0.4, -0.2) is 36.2 Å². The number of aromatic nitrogens is 1. The Balaban J connectivity index is 1.95. The van der Waals surface area contributed by atoms with Gasteiger partial charge in [-0.1, -0.05) is 12.1 Å². The minimum atomic E-state index is -3.91. The molecule has 134 valence electrons. The van der Waals surface area contributed by atoms with Crippen LogP contribution in [0.15, 0.2) is 53.7 Å². The molecule has 1 aromatic carbocycles. The highest BCUT2D eigenvalue weighted by Gasteiger charge is 2.31. The second-order valence-electron chi connectivity index (χ2n) is 6.06. The van der Waals surface area contributed by atoms with Crippen LogP contribution in [0.5, 0.6) is 0 Å². The van der Waals surface area contributed by atoms with Gasteiger partial charge in [0.2, 0.25) is 15.9 Å². The molecule has 0 bridgehead atoms. The van der Waals surface area contributed by atoms with Crippen LogP contribution < -0.4 is 5.32 Å². The van der Waals surface area contributed by atoms with Crippen LogP contribution in [0.2, 0.25) is 0 Å². The van der Waals surface area contributed by atoms with Crippen LogP contribution in [0, 0.1) is 11.3 Å². The summed E-state index contributed by atoms with van der Waals surface area (Å²) in [7, 11) is -3.91. The number of benzene rings is 1. The van der Waals surface area contributed by atoms with Crippen molar-refractivity contribution in [3.8, 4) is 6.07 Å². The van der Waals surface area contributed by atoms with Gasteiger partial charge < -0.3 is 5.32 Å². The van der Waals surface area contributed by atoms with Crippen LogP contribution in [0.25, 0.3) is 0 Å². The van der Waals surface area contributed by atoms with Crippen molar-refractivity contribution in [3.05, 3.63) is 59.9 Å². The summed E-state index contributed by atoms with van der Waals surface area (Å²) >= 11 is 0. The molecule has 8 heteroatoms. The Morgan fingerprint density at radius 3 is 2.62 bits per heavy atom. The second kappa shape index (κ2) is 7.64. The number of carbonyl (C=O) groups is 1. The first-order chi connectivity index (χ1) is 12.5. The van der Waals surface area contributed by atoms with E-state index in [1.54, 1.807) is 36.7 Å². The van der Waals surface area contributed by atoms with E-state index in [1.165, 1.54) is 16.4 Å². The number of hydrogen-bond donors (Lipinski definition) is 1. The number of pyridine rings is 1. The Morgan fingerprint density at radius 2 is 1.96 bits per heavy atom. The van der Waals surface area contributed by atoms with E-state index in [-0.39, 0.29) is 35.5 Å². The zero-order chi connectivity index (χ0) is 18.6. The summed E-state index contributed by atoms with van der Waals surface area (Å²) in [5.74, 6) is -0.0753. The molecule has 2 heterocycles. The zero-order valence-corrected chi connectivity index (χ0v) is 14.8. The SMILES string of the molecule is N#Cc1ccccc1S(=O)(=O)N(Cc1ccncc1)C[C@@H]1CCC(=O)N1. The molecule has 0 saturated carbocycles. The van der Waals surface area contributed by atoms with Crippen molar-refractivity contribution in [1.82, 2.24) is 14.6 Å². The lowest BCUT2D eigenvalue weighted by Crippen LogP contribution is -2.41. The molecule has 1 saturated heterocycles. The van der Waals surface area contributed by atoms with E-state index < -0.39 is 10.0 Å². The summed E-state index contributed by atoms with van der Waals surface area (Å²) in [6, 6.07) is 11.3. The maximum absolute atomic E-state index is 13.2. The van der Waals surface area contributed by atoms with E-state index in [4.69, 9.17) is 0 Å². The number of amides is 1. The van der Waals surface area contributed by atoms with Gasteiger partial charge in [0.15, 0.2) is 0 Å². The number of nitriles is 1. The van der Waals surface area contributed by atoms with Crippen LogP contribution in [0.3, 0.4) is 0 Å². The quantitative estimate of drug-likeness (QED) is 0.828. The Morgan fingerprint density at radius 1 is 1.23 bits per heavy atom. The maximum Gasteiger partial charge on any atom is 0.244 e. The molecule has 1 atom stereocenters. The number of hydrogen-bond acceptors (Lipinski definition) is 5. The van der Waals surface area contributed by atoms with Crippen molar-refractivity contribution in [1.29, 1.82) is 5.26 Å². The standard InChI is InChI=1S/C18H18N4O3S/c19-11-15-3-1-2-4-17(15)26(24,25)22(12-14-7-9-20-10-8-14)13-16-5-6-18(23)21-16/h1-4,7-10,16H,5-6,12-13H2,(H,21,23)/t16-/m0/s1. The molecule has 0 aliphatic carbocycles. The monoisotopic (exact) mass is 370 g/mol. The topological polar surface area (TPSA) is 103 Å². The summed E-state index contributed by atoms with van der Waals surface area (Å²) in [5, 5.41) is 12.1. The fourth-order valence-corrected chi connectivity index (χ4v) is 4.54. The number of nitrogens with one attached hydrogen (secondary N) is 1. The third-order valence-corrected chi connectivity index (χ3v) is 6.11. The van der Waals surface area contributed by atoms with Gasteiger partial charge in [0.05, 0.1) is 10.5 Å². The molecular formula is C18H18N4O3S. The highest BCUT2D eigenvalue weighted by atomic mass is 32.2. The molecule has 3 rings (SSSR count). The van der Waals surface area contributed by atoms with E-state index in [0.29, 0.717) is 12.8 Å². The summed E-state index contributed by atoms with van der Waals surface area (Å²) in [6.45, 7) is 0.285. The smallest absolute Gasteiger partial charge is 0.244 e. The Hall–Kier alpha value is -2.76. The molecule has 1 amide bonds. The van der Waals surface area contributed by atoms with E-state index in [1.807, 2.05) is 6.07 Å².